The molecule has 0 aliphatic rings. The number of hydrogen-bond acceptors (Lipinski definition) is 4. The van der Waals surface area contributed by atoms with Crippen molar-refractivity contribution in [1.82, 2.24) is 0 Å². The molecular weight excluding hydrogens is 306 g/mol. The molecular formula is C19H15NO2S. The van der Waals surface area contributed by atoms with Gasteiger partial charge in [0, 0.05) is 11.8 Å². The number of carbonyl (C=O) groups is 1. The molecule has 4 heteroatoms. The summed E-state index contributed by atoms with van der Waals surface area (Å²) in [6, 6.07) is 20.2. The second-order valence-corrected chi connectivity index (χ2v) is 5.86. The van der Waals surface area contributed by atoms with Crippen molar-refractivity contribution >= 4 is 28.5 Å². The van der Waals surface area contributed by atoms with Gasteiger partial charge in [0.25, 0.3) is 0 Å². The summed E-state index contributed by atoms with van der Waals surface area (Å²) in [6.07, 6.45) is 1.56. The molecule has 1 heterocycles. The first kappa shape index (κ1) is 15.1. The molecule has 0 amide bonds. The number of anilines is 1. The Morgan fingerprint density at radius 2 is 1.70 bits per heavy atom. The highest BCUT2D eigenvalue weighted by Gasteiger charge is 2.10. The number of para-hydroxylation sites is 2. The summed E-state index contributed by atoms with van der Waals surface area (Å²) < 4.78 is 0. The molecule has 0 bridgehead atoms. The minimum Gasteiger partial charge on any atom is -0.506 e. The Hall–Kier alpha value is -2.85. The number of rotatable bonds is 5. The number of thiophene rings is 1. The van der Waals surface area contributed by atoms with Gasteiger partial charge in [-0.25, -0.2) is 0 Å². The molecule has 0 aliphatic carbocycles. The molecule has 3 aromatic rings. The van der Waals surface area contributed by atoms with Crippen molar-refractivity contribution in [2.45, 2.75) is 0 Å². The van der Waals surface area contributed by atoms with Gasteiger partial charge >= 0.3 is 0 Å². The van der Waals surface area contributed by atoms with Crippen LogP contribution in [0.3, 0.4) is 0 Å². The van der Waals surface area contributed by atoms with Gasteiger partial charge < -0.3 is 10.4 Å². The van der Waals surface area contributed by atoms with E-state index in [2.05, 4.69) is 5.32 Å². The predicted octanol–water partition coefficient (Wildman–Crippen LogP) is 4.79. The van der Waals surface area contributed by atoms with E-state index >= 15 is 0 Å². The second-order valence-electron chi connectivity index (χ2n) is 4.91. The lowest BCUT2D eigenvalue weighted by atomic mass is 10.1. The topological polar surface area (TPSA) is 49.3 Å². The number of aromatic hydroxyl groups is 1. The molecule has 0 radical (unpaired) electrons. The fourth-order valence-corrected chi connectivity index (χ4v) is 2.79. The van der Waals surface area contributed by atoms with Crippen LogP contribution in [0.1, 0.15) is 15.2 Å². The third-order valence-corrected chi connectivity index (χ3v) is 4.18. The maximum Gasteiger partial charge on any atom is 0.197 e. The van der Waals surface area contributed by atoms with Crippen molar-refractivity contribution in [1.29, 1.82) is 0 Å². The van der Waals surface area contributed by atoms with E-state index in [4.69, 9.17) is 0 Å². The van der Waals surface area contributed by atoms with Crippen LogP contribution >= 0.6 is 11.3 Å². The van der Waals surface area contributed by atoms with Gasteiger partial charge in [0.1, 0.15) is 5.75 Å². The Morgan fingerprint density at radius 1 is 0.957 bits per heavy atom. The zero-order chi connectivity index (χ0) is 16.1. The molecule has 0 atom stereocenters. The molecule has 0 unspecified atom stereocenters. The molecule has 0 aliphatic heterocycles. The lowest BCUT2D eigenvalue weighted by Crippen LogP contribution is -2.03. The van der Waals surface area contributed by atoms with Gasteiger partial charge in [0.15, 0.2) is 5.78 Å². The number of phenols is 1. The van der Waals surface area contributed by atoms with Crippen molar-refractivity contribution in [3.8, 4) is 5.75 Å². The highest BCUT2D eigenvalue weighted by Crippen LogP contribution is 2.27. The van der Waals surface area contributed by atoms with Gasteiger partial charge in [-0.05, 0) is 29.1 Å². The van der Waals surface area contributed by atoms with Gasteiger partial charge in [-0.2, -0.15) is 0 Å². The molecule has 114 valence electrons. The molecule has 2 N–H and O–H groups in total. The number of hydrogen-bond donors (Lipinski definition) is 2. The Labute approximate surface area is 138 Å². The van der Waals surface area contributed by atoms with Crippen molar-refractivity contribution in [2.24, 2.45) is 0 Å². The van der Waals surface area contributed by atoms with Crippen molar-refractivity contribution in [2.75, 3.05) is 5.32 Å². The Morgan fingerprint density at radius 3 is 2.39 bits per heavy atom. The van der Waals surface area contributed by atoms with Crippen LogP contribution in [-0.2, 0) is 0 Å². The number of ketones is 1. The van der Waals surface area contributed by atoms with Crippen LogP contribution in [0.4, 0.5) is 5.69 Å². The maximum absolute atomic E-state index is 12.4. The number of benzene rings is 2. The lowest BCUT2D eigenvalue weighted by Gasteiger charge is -2.12. The smallest absolute Gasteiger partial charge is 0.197 e. The standard InChI is InChI=1S/C19H15NO2S/c21-17-10-5-4-9-15(17)20-16(14-7-2-1-3-8-14)13-18(22)19-11-6-12-23-19/h1-13,20-21H/b16-13-. The third-order valence-electron chi connectivity index (χ3n) is 3.30. The molecule has 2 aromatic carbocycles. The van der Waals surface area contributed by atoms with Gasteiger partial charge in [-0.3, -0.25) is 4.79 Å². The lowest BCUT2D eigenvalue weighted by molar-refractivity contribution is 0.105. The van der Waals surface area contributed by atoms with Crippen LogP contribution in [0.15, 0.2) is 78.2 Å². The van der Waals surface area contributed by atoms with Crippen molar-refractivity contribution < 1.29 is 9.90 Å². The Balaban J connectivity index is 1.98. The van der Waals surface area contributed by atoms with Gasteiger partial charge in [0.05, 0.1) is 10.6 Å². The highest BCUT2D eigenvalue weighted by molar-refractivity contribution is 7.12. The first-order valence-corrected chi connectivity index (χ1v) is 8.02. The number of nitrogens with one attached hydrogen (secondary N) is 1. The largest absolute Gasteiger partial charge is 0.506 e. The van der Waals surface area contributed by atoms with E-state index in [0.29, 0.717) is 16.3 Å². The number of phenolic OH excluding ortho intramolecular Hbond substituents is 1. The zero-order valence-corrected chi connectivity index (χ0v) is 13.1. The molecule has 3 rings (SSSR count). The number of carbonyl (C=O) groups excluding carboxylic acids is 1. The van der Waals surface area contributed by atoms with E-state index < -0.39 is 0 Å². The molecule has 23 heavy (non-hydrogen) atoms. The van der Waals surface area contributed by atoms with Crippen LogP contribution < -0.4 is 5.32 Å². The average Bonchev–Trinajstić information content (AvgIpc) is 3.11. The summed E-state index contributed by atoms with van der Waals surface area (Å²) in [6.45, 7) is 0. The summed E-state index contributed by atoms with van der Waals surface area (Å²) >= 11 is 1.41. The highest BCUT2D eigenvalue weighted by atomic mass is 32.1. The minimum absolute atomic E-state index is 0.0678. The molecule has 0 spiro atoms. The van der Waals surface area contributed by atoms with E-state index in [0.717, 1.165) is 5.56 Å². The first-order valence-electron chi connectivity index (χ1n) is 7.14. The van der Waals surface area contributed by atoms with E-state index in [1.165, 1.54) is 11.3 Å². The molecule has 3 nitrogen and oxygen atoms in total. The van der Waals surface area contributed by atoms with E-state index in [-0.39, 0.29) is 11.5 Å². The van der Waals surface area contributed by atoms with Crippen LogP contribution in [0.25, 0.3) is 5.70 Å². The minimum atomic E-state index is -0.0678. The van der Waals surface area contributed by atoms with Crippen molar-refractivity contribution in [3.05, 3.63) is 88.6 Å². The Bertz CT molecular complexity index is 824. The van der Waals surface area contributed by atoms with Crippen LogP contribution in [0, 0.1) is 0 Å². The molecule has 0 saturated heterocycles. The Kier molecular flexibility index (Phi) is 4.54. The second kappa shape index (κ2) is 6.94. The third kappa shape index (κ3) is 3.67. The normalized spacial score (nSPS) is 11.2. The van der Waals surface area contributed by atoms with Crippen LogP contribution in [-0.4, -0.2) is 10.9 Å². The summed E-state index contributed by atoms with van der Waals surface area (Å²) in [7, 11) is 0. The summed E-state index contributed by atoms with van der Waals surface area (Å²) in [5, 5.41) is 15.0. The van der Waals surface area contributed by atoms with Gasteiger partial charge in [0.2, 0.25) is 0 Å². The van der Waals surface area contributed by atoms with E-state index in [9.17, 15) is 9.90 Å². The maximum atomic E-state index is 12.4. The van der Waals surface area contributed by atoms with Crippen molar-refractivity contribution in [3.63, 3.8) is 0 Å². The van der Waals surface area contributed by atoms with Gasteiger partial charge in [-0.15, -0.1) is 11.3 Å². The fourth-order valence-electron chi connectivity index (χ4n) is 2.15. The monoisotopic (exact) mass is 321 g/mol. The summed E-state index contributed by atoms with van der Waals surface area (Å²) in [4.78, 5) is 13.1. The quantitative estimate of drug-likeness (QED) is 0.403. The van der Waals surface area contributed by atoms with E-state index in [1.54, 1.807) is 30.3 Å². The van der Waals surface area contributed by atoms with Crippen LogP contribution in [0.5, 0.6) is 5.75 Å². The molecule has 0 fully saturated rings. The average molecular weight is 321 g/mol. The molecule has 1 aromatic heterocycles. The predicted molar refractivity (Wildman–Crippen MR) is 94.8 cm³/mol. The fraction of sp³-hybridized carbons (Fsp3) is 0. The number of allylic oxidation sites excluding steroid dienone is 1. The first-order chi connectivity index (χ1) is 11.2. The van der Waals surface area contributed by atoms with Crippen LogP contribution in [0.2, 0.25) is 0 Å². The van der Waals surface area contributed by atoms with E-state index in [1.807, 2.05) is 47.8 Å². The summed E-state index contributed by atoms with van der Waals surface area (Å²) in [5.74, 6) is 0.0691. The SMILES string of the molecule is O=C(/C=C(\Nc1ccccc1O)c1ccccc1)c1cccs1. The zero-order valence-electron chi connectivity index (χ0n) is 12.3. The summed E-state index contributed by atoms with van der Waals surface area (Å²) in [5.41, 5.74) is 2.08. The molecule has 0 saturated carbocycles. The van der Waals surface area contributed by atoms with Gasteiger partial charge in [-0.1, -0.05) is 48.5 Å².